The highest BCUT2D eigenvalue weighted by Crippen LogP contribution is 2.25. The number of unbranched alkanes of at least 4 members (excludes halogenated alkanes) is 1. The zero-order valence-electron chi connectivity index (χ0n) is 25.8. The van der Waals surface area contributed by atoms with Crippen molar-refractivity contribution < 1.29 is 14.7 Å². The molecule has 0 aliphatic carbocycles. The molecule has 2 aromatic heterocycles. The Hall–Kier alpha value is -5.19. The van der Waals surface area contributed by atoms with Crippen LogP contribution in [-0.4, -0.2) is 53.9 Å². The summed E-state index contributed by atoms with van der Waals surface area (Å²) in [7, 11) is 0. The molecular formula is C34H37N7O4. The van der Waals surface area contributed by atoms with Gasteiger partial charge < -0.3 is 10.0 Å². The van der Waals surface area contributed by atoms with Gasteiger partial charge in [0.1, 0.15) is 17.5 Å². The summed E-state index contributed by atoms with van der Waals surface area (Å²) in [5.74, 6) is 1.07. The fourth-order valence-electron chi connectivity index (χ4n) is 5.64. The van der Waals surface area contributed by atoms with Crippen molar-refractivity contribution in [3.05, 3.63) is 110 Å². The fourth-order valence-corrected chi connectivity index (χ4v) is 5.64. The predicted molar refractivity (Wildman–Crippen MR) is 170 cm³/mol. The van der Waals surface area contributed by atoms with Gasteiger partial charge in [0.25, 0.3) is 5.56 Å². The first-order valence-electron chi connectivity index (χ1n) is 15.1. The van der Waals surface area contributed by atoms with E-state index in [1.54, 1.807) is 34.7 Å². The monoisotopic (exact) mass is 607 g/mol. The minimum Gasteiger partial charge on any atom is -0.465 e. The summed E-state index contributed by atoms with van der Waals surface area (Å²) in [6, 6.07) is 14.7. The number of benzene rings is 2. The molecule has 1 aliphatic heterocycles. The highest BCUT2D eigenvalue weighted by atomic mass is 16.4. The molecule has 4 aromatic rings. The van der Waals surface area contributed by atoms with Crippen molar-refractivity contribution in [2.24, 2.45) is 0 Å². The minimum atomic E-state index is -1.30. The van der Waals surface area contributed by atoms with Gasteiger partial charge in [-0.25, -0.2) is 19.7 Å². The van der Waals surface area contributed by atoms with Crippen LogP contribution in [-0.2, 0) is 37.1 Å². The molecule has 2 aromatic carbocycles. The molecule has 0 bridgehead atoms. The van der Waals surface area contributed by atoms with Crippen LogP contribution in [0.3, 0.4) is 0 Å². The molecule has 5 rings (SSSR count). The largest absolute Gasteiger partial charge is 0.465 e. The highest BCUT2D eigenvalue weighted by molar-refractivity contribution is 6.08. The van der Waals surface area contributed by atoms with Crippen LogP contribution >= 0.6 is 0 Å². The zero-order chi connectivity index (χ0) is 32.1. The quantitative estimate of drug-likeness (QED) is 0.188. The summed E-state index contributed by atoms with van der Waals surface area (Å²) in [6.07, 6.45) is 3.58. The number of amidine groups is 1. The molecule has 1 aliphatic rings. The molecule has 11 nitrogen and oxygen atoms in total. The average molecular weight is 608 g/mol. The van der Waals surface area contributed by atoms with Crippen molar-refractivity contribution in [1.82, 2.24) is 29.7 Å². The summed E-state index contributed by atoms with van der Waals surface area (Å²) in [6.45, 7) is 7.00. The standard InChI is InChI=1S/C34H37N7O4/c1-4-5-10-30-37-21(2)28(17-31(42)40-16-15-29-25(20-40)18-36-22(3)38-29)33(43)41(30)19-23-11-13-24(14-12-23)26-8-6-7-9-27(26)32(35)39-34(44)45/h6-9,11-14,18H,4-5,10,15-17,19-20H2,1-3H3,(H2,35,39)(H,44,45). The molecule has 232 valence electrons. The van der Waals surface area contributed by atoms with Crippen LogP contribution in [0.1, 0.15) is 65.1 Å². The third kappa shape index (κ3) is 7.14. The second-order valence-corrected chi connectivity index (χ2v) is 11.3. The molecule has 0 atom stereocenters. The third-order valence-electron chi connectivity index (χ3n) is 8.07. The Balaban J connectivity index is 1.40. The van der Waals surface area contributed by atoms with Gasteiger partial charge in [0.15, 0.2) is 0 Å². The first-order valence-corrected chi connectivity index (χ1v) is 15.1. The number of rotatable bonds is 9. The molecule has 0 unspecified atom stereocenters. The third-order valence-corrected chi connectivity index (χ3v) is 8.07. The van der Waals surface area contributed by atoms with E-state index in [-0.39, 0.29) is 23.7 Å². The van der Waals surface area contributed by atoms with Crippen molar-refractivity contribution in [1.29, 1.82) is 5.41 Å². The van der Waals surface area contributed by atoms with Gasteiger partial charge in [-0.1, -0.05) is 61.9 Å². The number of aromatic nitrogens is 4. The Kier molecular flexibility index (Phi) is 9.46. The molecule has 3 heterocycles. The Labute approximate surface area is 261 Å². The van der Waals surface area contributed by atoms with Gasteiger partial charge in [-0.3, -0.25) is 24.9 Å². The topological polar surface area (TPSA) is 154 Å². The first kappa shape index (κ1) is 31.2. The fraction of sp³-hybridized carbons (Fsp3) is 0.324. The van der Waals surface area contributed by atoms with E-state index in [9.17, 15) is 14.4 Å². The van der Waals surface area contributed by atoms with E-state index in [4.69, 9.17) is 15.5 Å². The van der Waals surface area contributed by atoms with Gasteiger partial charge in [-0.05, 0) is 37.0 Å². The molecule has 0 saturated carbocycles. The van der Waals surface area contributed by atoms with Crippen molar-refractivity contribution in [2.45, 2.75) is 66.0 Å². The van der Waals surface area contributed by atoms with Crippen LogP contribution in [0.25, 0.3) is 11.1 Å². The maximum Gasteiger partial charge on any atom is 0.410 e. The van der Waals surface area contributed by atoms with E-state index >= 15 is 0 Å². The normalized spacial score (nSPS) is 12.5. The van der Waals surface area contributed by atoms with Gasteiger partial charge in [0.2, 0.25) is 5.91 Å². The van der Waals surface area contributed by atoms with Crippen LogP contribution in [0.15, 0.2) is 59.5 Å². The van der Waals surface area contributed by atoms with Crippen LogP contribution in [0, 0.1) is 19.3 Å². The number of amides is 2. The van der Waals surface area contributed by atoms with E-state index in [2.05, 4.69) is 22.2 Å². The number of carbonyl (C=O) groups excluding carboxylic acids is 1. The summed E-state index contributed by atoms with van der Waals surface area (Å²) in [5, 5.41) is 19.3. The van der Waals surface area contributed by atoms with Gasteiger partial charge in [-0.2, -0.15) is 0 Å². The van der Waals surface area contributed by atoms with Crippen molar-refractivity contribution in [3.63, 3.8) is 0 Å². The van der Waals surface area contributed by atoms with Gasteiger partial charge in [-0.15, -0.1) is 0 Å². The lowest BCUT2D eigenvalue weighted by atomic mass is 9.98. The van der Waals surface area contributed by atoms with E-state index in [0.717, 1.165) is 35.2 Å². The van der Waals surface area contributed by atoms with Gasteiger partial charge in [0, 0.05) is 54.5 Å². The van der Waals surface area contributed by atoms with Crippen LogP contribution in [0.5, 0.6) is 0 Å². The zero-order valence-corrected chi connectivity index (χ0v) is 25.8. The molecule has 11 heteroatoms. The van der Waals surface area contributed by atoms with Crippen LogP contribution in [0.4, 0.5) is 4.79 Å². The van der Waals surface area contributed by atoms with Gasteiger partial charge >= 0.3 is 6.09 Å². The summed E-state index contributed by atoms with van der Waals surface area (Å²) in [4.78, 5) is 53.9. The Morgan fingerprint density at radius 3 is 2.56 bits per heavy atom. The van der Waals surface area contributed by atoms with Crippen LogP contribution in [0.2, 0.25) is 0 Å². The minimum absolute atomic E-state index is 0.0279. The Morgan fingerprint density at radius 2 is 1.82 bits per heavy atom. The summed E-state index contributed by atoms with van der Waals surface area (Å²) < 4.78 is 1.68. The SMILES string of the molecule is CCCCc1nc(C)c(CC(=O)N2CCc3nc(C)ncc3C2)c(=O)n1Cc1ccc(-c2ccccc2C(=N)NC(=O)O)cc1. The molecule has 0 spiro atoms. The molecule has 3 N–H and O–H groups in total. The maximum atomic E-state index is 14.0. The molecule has 45 heavy (non-hydrogen) atoms. The number of hydrogen-bond acceptors (Lipinski definition) is 7. The lowest BCUT2D eigenvalue weighted by Gasteiger charge is -2.28. The second kappa shape index (κ2) is 13.6. The number of hydrogen-bond donors (Lipinski definition) is 3. The number of carboxylic acid groups (broad SMARTS) is 1. The number of aryl methyl sites for hydroxylation is 3. The number of fused-ring (bicyclic) bond motifs is 1. The number of nitrogens with one attached hydrogen (secondary N) is 2. The number of carbonyl (C=O) groups is 2. The van der Waals surface area contributed by atoms with Crippen LogP contribution < -0.4 is 10.9 Å². The first-order chi connectivity index (χ1) is 21.6. The smallest absolute Gasteiger partial charge is 0.410 e. The lowest BCUT2D eigenvalue weighted by Crippen LogP contribution is -2.39. The maximum absolute atomic E-state index is 14.0. The van der Waals surface area contributed by atoms with E-state index in [1.807, 2.05) is 43.3 Å². The van der Waals surface area contributed by atoms with Crippen molar-refractivity contribution in [2.75, 3.05) is 6.54 Å². The van der Waals surface area contributed by atoms with E-state index in [0.29, 0.717) is 66.5 Å². The highest BCUT2D eigenvalue weighted by Gasteiger charge is 2.25. The molecule has 0 saturated heterocycles. The summed E-state index contributed by atoms with van der Waals surface area (Å²) >= 11 is 0. The molecule has 2 amide bonds. The molecule has 0 radical (unpaired) electrons. The van der Waals surface area contributed by atoms with E-state index in [1.165, 1.54) is 0 Å². The second-order valence-electron chi connectivity index (χ2n) is 11.3. The molecular weight excluding hydrogens is 570 g/mol. The molecule has 0 fully saturated rings. The van der Waals surface area contributed by atoms with Crippen molar-refractivity contribution in [3.8, 4) is 11.1 Å². The lowest BCUT2D eigenvalue weighted by molar-refractivity contribution is -0.131. The predicted octanol–water partition coefficient (Wildman–Crippen LogP) is 4.43. The Morgan fingerprint density at radius 1 is 1.07 bits per heavy atom. The van der Waals surface area contributed by atoms with Crippen molar-refractivity contribution >= 4 is 17.8 Å². The van der Waals surface area contributed by atoms with E-state index < -0.39 is 6.09 Å². The summed E-state index contributed by atoms with van der Waals surface area (Å²) in [5.41, 5.74) is 5.53. The Bertz CT molecular complexity index is 1810. The average Bonchev–Trinajstić information content (AvgIpc) is 3.03. The number of nitrogens with zero attached hydrogens (tertiary/aromatic N) is 5. The van der Waals surface area contributed by atoms with Gasteiger partial charge in [0.05, 0.1) is 18.7 Å².